The fraction of sp³-hybridized carbons (Fsp3) is 0.462. The molecule has 1 aliphatic carbocycles. The Balaban J connectivity index is 0.00000108. The molecule has 0 bridgehead atoms. The summed E-state index contributed by atoms with van der Waals surface area (Å²) < 4.78 is 13.1. The number of fused-ring (bicyclic) bond motifs is 1. The van der Waals surface area contributed by atoms with E-state index >= 15 is 0 Å². The third kappa shape index (κ3) is 1.87. The van der Waals surface area contributed by atoms with E-state index < -0.39 is 0 Å². The van der Waals surface area contributed by atoms with E-state index in [1.165, 1.54) is 12.1 Å². The Morgan fingerprint density at radius 2 is 1.94 bits per heavy atom. The molecule has 2 aliphatic rings. The standard InChI is InChI=1S/C13H14FNO.ClH/c14-10-1-2-11-9(7-10)8-13(12(11)16)3-5-15-6-4-13;/h1-2,7,15H,3-6,8H2;1H. The van der Waals surface area contributed by atoms with Crippen LogP contribution in [0.4, 0.5) is 4.39 Å². The van der Waals surface area contributed by atoms with Crippen LogP contribution in [-0.4, -0.2) is 18.9 Å². The number of piperidine rings is 1. The molecule has 0 aromatic heterocycles. The Morgan fingerprint density at radius 3 is 2.65 bits per heavy atom. The van der Waals surface area contributed by atoms with Crippen molar-refractivity contribution in [3.8, 4) is 0 Å². The Bertz CT molecular complexity index is 455. The van der Waals surface area contributed by atoms with Gasteiger partial charge in [-0.1, -0.05) is 0 Å². The van der Waals surface area contributed by atoms with E-state index in [1.54, 1.807) is 6.07 Å². The number of hydrogen-bond acceptors (Lipinski definition) is 2. The van der Waals surface area contributed by atoms with E-state index in [-0.39, 0.29) is 29.4 Å². The molecule has 17 heavy (non-hydrogen) atoms. The SMILES string of the molecule is Cl.O=C1c2ccc(F)cc2CC12CCNCC2. The topological polar surface area (TPSA) is 29.1 Å². The van der Waals surface area contributed by atoms with E-state index in [1.807, 2.05) is 0 Å². The van der Waals surface area contributed by atoms with Gasteiger partial charge in [-0.3, -0.25) is 4.79 Å². The molecule has 1 aliphatic heterocycles. The van der Waals surface area contributed by atoms with Gasteiger partial charge in [-0.2, -0.15) is 0 Å². The summed E-state index contributed by atoms with van der Waals surface area (Å²) in [5.74, 6) is -0.0125. The van der Waals surface area contributed by atoms with Crippen LogP contribution in [0.25, 0.3) is 0 Å². The van der Waals surface area contributed by atoms with Crippen molar-refractivity contribution in [3.05, 3.63) is 35.1 Å². The first kappa shape index (κ1) is 12.5. The molecule has 0 atom stereocenters. The van der Waals surface area contributed by atoms with Crippen LogP contribution in [0.5, 0.6) is 0 Å². The molecule has 1 heterocycles. The van der Waals surface area contributed by atoms with Crippen LogP contribution >= 0.6 is 12.4 Å². The van der Waals surface area contributed by atoms with Crippen molar-refractivity contribution < 1.29 is 9.18 Å². The van der Waals surface area contributed by atoms with Gasteiger partial charge in [-0.05, 0) is 56.1 Å². The second kappa shape index (κ2) is 4.39. The molecular formula is C13H15ClFNO. The molecule has 1 fully saturated rings. The minimum absolute atomic E-state index is 0. The number of nitrogens with one attached hydrogen (secondary N) is 1. The molecule has 2 nitrogen and oxygen atoms in total. The van der Waals surface area contributed by atoms with Gasteiger partial charge in [0.2, 0.25) is 0 Å². The smallest absolute Gasteiger partial charge is 0.169 e. The van der Waals surface area contributed by atoms with Crippen LogP contribution < -0.4 is 5.32 Å². The lowest BCUT2D eigenvalue weighted by atomic mass is 9.75. The molecule has 1 saturated heterocycles. The molecule has 92 valence electrons. The summed E-state index contributed by atoms with van der Waals surface area (Å²) in [6, 6.07) is 4.55. The summed E-state index contributed by atoms with van der Waals surface area (Å²) in [5, 5.41) is 3.27. The van der Waals surface area contributed by atoms with Crippen LogP contribution in [0, 0.1) is 11.2 Å². The molecule has 0 saturated carbocycles. The molecule has 0 unspecified atom stereocenters. The predicted molar refractivity (Wildman–Crippen MR) is 66.2 cm³/mol. The zero-order valence-corrected chi connectivity index (χ0v) is 10.3. The van der Waals surface area contributed by atoms with Crippen molar-refractivity contribution >= 4 is 18.2 Å². The molecule has 3 rings (SSSR count). The van der Waals surface area contributed by atoms with Crippen molar-refractivity contribution in [1.29, 1.82) is 0 Å². The van der Waals surface area contributed by atoms with E-state index in [9.17, 15) is 9.18 Å². The predicted octanol–water partition coefficient (Wildman–Crippen LogP) is 2.36. The highest BCUT2D eigenvalue weighted by Crippen LogP contribution is 2.43. The van der Waals surface area contributed by atoms with E-state index in [2.05, 4.69) is 5.32 Å². The monoisotopic (exact) mass is 255 g/mol. The largest absolute Gasteiger partial charge is 0.317 e. The van der Waals surface area contributed by atoms with Gasteiger partial charge in [0.15, 0.2) is 5.78 Å². The highest BCUT2D eigenvalue weighted by Gasteiger charge is 2.45. The molecule has 1 N–H and O–H groups in total. The maximum atomic E-state index is 13.1. The van der Waals surface area contributed by atoms with E-state index in [0.717, 1.165) is 43.5 Å². The lowest BCUT2D eigenvalue weighted by molar-refractivity contribution is 0.0762. The number of carbonyl (C=O) groups is 1. The Labute approximate surface area is 106 Å². The first-order valence-electron chi connectivity index (χ1n) is 5.75. The summed E-state index contributed by atoms with van der Waals surface area (Å²) >= 11 is 0. The van der Waals surface area contributed by atoms with E-state index in [0.29, 0.717) is 0 Å². The van der Waals surface area contributed by atoms with Gasteiger partial charge in [0.25, 0.3) is 0 Å². The minimum Gasteiger partial charge on any atom is -0.317 e. The summed E-state index contributed by atoms with van der Waals surface area (Å²) in [6.45, 7) is 1.78. The second-order valence-corrected chi connectivity index (χ2v) is 4.84. The molecule has 1 aromatic carbocycles. The number of carbonyl (C=O) groups excluding carboxylic acids is 1. The maximum Gasteiger partial charge on any atom is 0.169 e. The number of hydrogen-bond donors (Lipinski definition) is 1. The first-order valence-corrected chi connectivity index (χ1v) is 5.75. The zero-order chi connectivity index (χ0) is 11.2. The van der Waals surface area contributed by atoms with Crippen LogP contribution in [0.1, 0.15) is 28.8 Å². The Kier molecular flexibility index (Phi) is 3.23. The number of rotatable bonds is 0. The van der Waals surface area contributed by atoms with Crippen molar-refractivity contribution in [2.24, 2.45) is 5.41 Å². The Hall–Kier alpha value is -0.930. The van der Waals surface area contributed by atoms with Crippen molar-refractivity contribution in [2.45, 2.75) is 19.3 Å². The fourth-order valence-corrected chi connectivity index (χ4v) is 2.97. The number of Topliss-reactive ketones (excluding diaryl/α,β-unsaturated/α-hetero) is 1. The average Bonchev–Trinajstić information content (AvgIpc) is 2.53. The van der Waals surface area contributed by atoms with Gasteiger partial charge < -0.3 is 5.32 Å². The highest BCUT2D eigenvalue weighted by atomic mass is 35.5. The van der Waals surface area contributed by atoms with Crippen molar-refractivity contribution in [1.82, 2.24) is 5.32 Å². The first-order chi connectivity index (χ1) is 7.71. The number of halogens is 2. The number of ketones is 1. The van der Waals surface area contributed by atoms with Crippen LogP contribution in [0.3, 0.4) is 0 Å². The maximum absolute atomic E-state index is 13.1. The van der Waals surface area contributed by atoms with Gasteiger partial charge in [-0.25, -0.2) is 4.39 Å². The fourth-order valence-electron chi connectivity index (χ4n) is 2.97. The van der Waals surface area contributed by atoms with Gasteiger partial charge in [0.1, 0.15) is 5.82 Å². The van der Waals surface area contributed by atoms with Gasteiger partial charge >= 0.3 is 0 Å². The quantitative estimate of drug-likeness (QED) is 0.771. The Morgan fingerprint density at radius 1 is 1.24 bits per heavy atom. The summed E-state index contributed by atoms with van der Waals surface area (Å²) in [4.78, 5) is 12.3. The van der Waals surface area contributed by atoms with Crippen LogP contribution in [0.2, 0.25) is 0 Å². The van der Waals surface area contributed by atoms with Gasteiger partial charge in [-0.15, -0.1) is 12.4 Å². The third-order valence-electron chi connectivity index (χ3n) is 3.88. The van der Waals surface area contributed by atoms with Gasteiger partial charge in [0, 0.05) is 11.0 Å². The van der Waals surface area contributed by atoms with Crippen molar-refractivity contribution in [2.75, 3.05) is 13.1 Å². The molecular weight excluding hydrogens is 241 g/mol. The molecule has 4 heteroatoms. The molecule has 0 radical (unpaired) electrons. The lowest BCUT2D eigenvalue weighted by Crippen LogP contribution is -2.40. The third-order valence-corrected chi connectivity index (χ3v) is 3.88. The second-order valence-electron chi connectivity index (χ2n) is 4.84. The molecule has 1 aromatic rings. The van der Waals surface area contributed by atoms with Gasteiger partial charge in [0.05, 0.1) is 0 Å². The summed E-state index contributed by atoms with van der Waals surface area (Å²) in [6.07, 6.45) is 2.48. The van der Waals surface area contributed by atoms with Crippen molar-refractivity contribution in [3.63, 3.8) is 0 Å². The van der Waals surface area contributed by atoms with Crippen LogP contribution in [-0.2, 0) is 6.42 Å². The van der Waals surface area contributed by atoms with E-state index in [4.69, 9.17) is 0 Å². The number of benzene rings is 1. The minimum atomic E-state index is -0.238. The van der Waals surface area contributed by atoms with Crippen LogP contribution in [0.15, 0.2) is 18.2 Å². The lowest BCUT2D eigenvalue weighted by Gasteiger charge is -2.31. The highest BCUT2D eigenvalue weighted by molar-refractivity contribution is 6.05. The zero-order valence-electron chi connectivity index (χ0n) is 9.46. The normalized spacial score (nSPS) is 21.1. The molecule has 1 spiro atoms. The average molecular weight is 256 g/mol. The molecule has 0 amide bonds. The summed E-state index contributed by atoms with van der Waals surface area (Å²) in [5.41, 5.74) is 1.40. The summed E-state index contributed by atoms with van der Waals surface area (Å²) in [7, 11) is 0.